The molecule has 1 aromatic heterocycles. The fraction of sp³-hybridized carbons (Fsp3) is 0.350. The Kier molecular flexibility index (Phi) is 2.88. The number of allylic oxidation sites excluding steroid dienone is 3. The number of pyridine rings is 1. The van der Waals surface area contributed by atoms with Gasteiger partial charge < -0.3 is 0 Å². The van der Waals surface area contributed by atoms with Crippen LogP contribution < -0.4 is 0 Å². The highest BCUT2D eigenvalue weighted by molar-refractivity contribution is 5.99. The molecule has 1 heterocycles. The van der Waals surface area contributed by atoms with Crippen molar-refractivity contribution in [3.8, 4) is 0 Å². The number of hydrogen-bond acceptors (Lipinski definition) is 1. The lowest BCUT2D eigenvalue weighted by Crippen LogP contribution is -1.95. The van der Waals surface area contributed by atoms with Crippen molar-refractivity contribution in [1.82, 2.24) is 4.98 Å². The zero-order chi connectivity index (χ0) is 15.4. The minimum atomic E-state index is 0.220. The molecule has 0 aliphatic heterocycles. The number of nitrogens with zero attached hydrogens (tertiary/aromatic N) is 1. The van der Waals surface area contributed by atoms with Crippen LogP contribution in [-0.2, 0) is 0 Å². The van der Waals surface area contributed by atoms with Crippen LogP contribution in [0, 0.1) is 10.8 Å². The van der Waals surface area contributed by atoms with E-state index < -0.39 is 0 Å². The normalized spacial score (nSPS) is 18.6. The predicted molar refractivity (Wildman–Crippen MR) is 91.0 cm³/mol. The summed E-state index contributed by atoms with van der Waals surface area (Å²) in [7, 11) is 0. The molecule has 0 N–H and O–H groups in total. The average molecular weight is 277 g/mol. The van der Waals surface area contributed by atoms with Gasteiger partial charge in [0.15, 0.2) is 0 Å². The van der Waals surface area contributed by atoms with E-state index in [-0.39, 0.29) is 10.8 Å². The molecule has 0 saturated heterocycles. The second kappa shape index (κ2) is 4.30. The van der Waals surface area contributed by atoms with Crippen LogP contribution in [0.1, 0.15) is 40.2 Å². The van der Waals surface area contributed by atoms with Gasteiger partial charge in [0, 0.05) is 23.3 Å². The number of aromatic nitrogens is 1. The van der Waals surface area contributed by atoms with Crippen LogP contribution in [0.3, 0.4) is 0 Å². The third-order valence-electron chi connectivity index (χ3n) is 5.36. The molecule has 1 aliphatic carbocycles. The molecular weight excluding hydrogens is 254 g/mol. The molecule has 21 heavy (non-hydrogen) atoms. The van der Waals surface area contributed by atoms with Crippen LogP contribution in [0.25, 0.3) is 16.3 Å². The quantitative estimate of drug-likeness (QED) is 0.693. The van der Waals surface area contributed by atoms with Crippen molar-refractivity contribution < 1.29 is 0 Å². The van der Waals surface area contributed by atoms with Crippen molar-refractivity contribution in [2.75, 3.05) is 0 Å². The molecule has 2 aromatic rings. The molecule has 1 heteroatoms. The Hall–Kier alpha value is -1.89. The summed E-state index contributed by atoms with van der Waals surface area (Å²) >= 11 is 0. The molecule has 0 unspecified atom stereocenters. The summed E-state index contributed by atoms with van der Waals surface area (Å²) in [5, 5.41) is 2.45. The molecule has 0 spiro atoms. The lowest BCUT2D eigenvalue weighted by molar-refractivity contribution is 0.457. The Morgan fingerprint density at radius 2 is 1.62 bits per heavy atom. The monoisotopic (exact) mass is 277 g/mol. The van der Waals surface area contributed by atoms with E-state index in [0.29, 0.717) is 0 Å². The van der Waals surface area contributed by atoms with Gasteiger partial charge in [-0.05, 0) is 34.3 Å². The van der Waals surface area contributed by atoms with Crippen LogP contribution in [0.15, 0.2) is 54.4 Å². The molecule has 0 atom stereocenters. The molecule has 0 bridgehead atoms. The van der Waals surface area contributed by atoms with Gasteiger partial charge in [-0.3, -0.25) is 4.98 Å². The number of hydrogen-bond donors (Lipinski definition) is 0. The Labute approximate surface area is 127 Å². The number of benzene rings is 1. The highest BCUT2D eigenvalue weighted by Crippen LogP contribution is 2.70. The van der Waals surface area contributed by atoms with Gasteiger partial charge in [-0.15, -0.1) is 0 Å². The maximum absolute atomic E-state index is 4.45. The molecule has 1 fully saturated rings. The average Bonchev–Trinajstić information content (AvgIpc) is 2.82. The van der Waals surface area contributed by atoms with Gasteiger partial charge >= 0.3 is 0 Å². The summed E-state index contributed by atoms with van der Waals surface area (Å²) in [6.07, 6.45) is 3.92. The third kappa shape index (κ3) is 1.87. The van der Waals surface area contributed by atoms with Crippen LogP contribution in [-0.4, -0.2) is 4.98 Å². The van der Waals surface area contributed by atoms with Gasteiger partial charge in [0.2, 0.25) is 0 Å². The molecule has 3 rings (SSSR count). The van der Waals surface area contributed by atoms with Crippen molar-refractivity contribution in [3.63, 3.8) is 0 Å². The zero-order valence-electron chi connectivity index (χ0n) is 13.6. The topological polar surface area (TPSA) is 12.9 Å². The van der Waals surface area contributed by atoms with Gasteiger partial charge in [-0.2, -0.15) is 0 Å². The lowest BCUT2D eigenvalue weighted by atomic mass is 9.93. The Bertz CT molecular complexity index is 754. The van der Waals surface area contributed by atoms with Crippen molar-refractivity contribution in [3.05, 3.63) is 59.9 Å². The summed E-state index contributed by atoms with van der Waals surface area (Å²) in [4.78, 5) is 4.45. The van der Waals surface area contributed by atoms with Crippen molar-refractivity contribution >= 4 is 16.3 Å². The van der Waals surface area contributed by atoms with E-state index in [9.17, 15) is 0 Å². The minimum Gasteiger partial charge on any atom is -0.263 e. The van der Waals surface area contributed by atoms with E-state index in [1.54, 1.807) is 0 Å². The first-order valence-corrected chi connectivity index (χ1v) is 7.52. The van der Waals surface area contributed by atoms with E-state index in [1.165, 1.54) is 27.5 Å². The van der Waals surface area contributed by atoms with Crippen LogP contribution >= 0.6 is 0 Å². The summed E-state index contributed by atoms with van der Waals surface area (Å²) in [6.45, 7) is 15.6. The van der Waals surface area contributed by atoms with Crippen LogP contribution in [0.4, 0.5) is 0 Å². The fourth-order valence-electron chi connectivity index (χ4n) is 3.55. The number of rotatable bonds is 2. The Morgan fingerprint density at radius 3 is 2.19 bits per heavy atom. The number of fused-ring (bicyclic) bond motifs is 1. The SMILES string of the molecule is C=C(C)C(=C1C(C)(C)C1(C)C)c1cncc2ccccc12. The molecule has 108 valence electrons. The minimum absolute atomic E-state index is 0.220. The largest absolute Gasteiger partial charge is 0.263 e. The van der Waals surface area contributed by atoms with Gasteiger partial charge in [0.25, 0.3) is 0 Å². The van der Waals surface area contributed by atoms with Gasteiger partial charge in [0.1, 0.15) is 0 Å². The van der Waals surface area contributed by atoms with E-state index in [1.807, 2.05) is 12.4 Å². The molecule has 0 amide bonds. The second-order valence-electron chi connectivity index (χ2n) is 7.19. The van der Waals surface area contributed by atoms with Crippen LogP contribution in [0.2, 0.25) is 0 Å². The van der Waals surface area contributed by atoms with E-state index >= 15 is 0 Å². The standard InChI is InChI=1S/C20H23N/c1-13(2)17(18-19(3,4)20(18,5)6)16-12-21-11-14-9-7-8-10-15(14)16/h7-12H,1H2,2-6H3. The van der Waals surface area contributed by atoms with Crippen molar-refractivity contribution in [2.45, 2.75) is 34.6 Å². The van der Waals surface area contributed by atoms with E-state index in [0.717, 1.165) is 5.57 Å². The van der Waals surface area contributed by atoms with Gasteiger partial charge in [0.05, 0.1) is 0 Å². The highest BCUT2D eigenvalue weighted by atomic mass is 14.7. The summed E-state index contributed by atoms with van der Waals surface area (Å²) in [6, 6.07) is 8.45. The summed E-state index contributed by atoms with van der Waals surface area (Å²) < 4.78 is 0. The predicted octanol–water partition coefficient (Wildman–Crippen LogP) is 5.63. The highest BCUT2D eigenvalue weighted by Gasteiger charge is 2.61. The molecule has 0 radical (unpaired) electrons. The van der Waals surface area contributed by atoms with E-state index in [4.69, 9.17) is 0 Å². The molecular formula is C20H23N. The third-order valence-corrected chi connectivity index (χ3v) is 5.36. The van der Waals surface area contributed by atoms with Crippen LogP contribution in [0.5, 0.6) is 0 Å². The fourth-order valence-corrected chi connectivity index (χ4v) is 3.55. The summed E-state index contributed by atoms with van der Waals surface area (Å²) in [5.74, 6) is 0. The second-order valence-corrected chi connectivity index (χ2v) is 7.19. The molecule has 1 saturated carbocycles. The first-order valence-electron chi connectivity index (χ1n) is 7.52. The lowest BCUT2D eigenvalue weighted by Gasteiger charge is -2.12. The summed E-state index contributed by atoms with van der Waals surface area (Å²) in [5.41, 5.74) is 5.59. The maximum Gasteiger partial charge on any atom is 0.0352 e. The first-order chi connectivity index (χ1) is 9.78. The zero-order valence-corrected chi connectivity index (χ0v) is 13.6. The molecule has 1 aromatic carbocycles. The Balaban J connectivity index is 2.35. The van der Waals surface area contributed by atoms with Crippen molar-refractivity contribution in [1.29, 1.82) is 0 Å². The molecule has 1 nitrogen and oxygen atoms in total. The Morgan fingerprint density at radius 1 is 1.00 bits per heavy atom. The molecule has 1 aliphatic rings. The van der Waals surface area contributed by atoms with E-state index in [2.05, 4.69) is 70.4 Å². The maximum atomic E-state index is 4.45. The smallest absolute Gasteiger partial charge is 0.0352 e. The van der Waals surface area contributed by atoms with Gasteiger partial charge in [-0.25, -0.2) is 0 Å². The van der Waals surface area contributed by atoms with Gasteiger partial charge in [-0.1, -0.05) is 64.1 Å². The first kappa shape index (κ1) is 14.1. The van der Waals surface area contributed by atoms with Crippen molar-refractivity contribution in [2.24, 2.45) is 10.8 Å².